The summed E-state index contributed by atoms with van der Waals surface area (Å²) in [6, 6.07) is 4.77. The van der Waals surface area contributed by atoms with E-state index in [9.17, 15) is 8.42 Å². The largest absolute Gasteiger partial charge is 0.444 e. The first-order chi connectivity index (χ1) is 10.8. The van der Waals surface area contributed by atoms with Crippen molar-refractivity contribution < 1.29 is 12.8 Å². The van der Waals surface area contributed by atoms with E-state index in [0.717, 1.165) is 11.5 Å². The van der Waals surface area contributed by atoms with Crippen LogP contribution in [0.2, 0.25) is 0 Å². The van der Waals surface area contributed by atoms with Crippen LogP contribution < -0.4 is 5.32 Å². The highest BCUT2D eigenvalue weighted by Crippen LogP contribution is 2.23. The molecule has 1 N–H and O–H groups in total. The molecule has 0 radical (unpaired) electrons. The fraction of sp³-hybridized carbons (Fsp3) is 0.267. The Morgan fingerprint density at radius 3 is 2.65 bits per heavy atom. The number of anilines is 1. The summed E-state index contributed by atoms with van der Waals surface area (Å²) < 4.78 is 29.0. The van der Waals surface area contributed by atoms with Gasteiger partial charge in [0.1, 0.15) is 17.9 Å². The minimum Gasteiger partial charge on any atom is -0.444 e. The lowest BCUT2D eigenvalue weighted by Gasteiger charge is -2.07. The maximum absolute atomic E-state index is 11.7. The summed E-state index contributed by atoms with van der Waals surface area (Å²) in [5.41, 5.74) is 1.50. The van der Waals surface area contributed by atoms with Crippen molar-refractivity contribution in [1.82, 2.24) is 15.0 Å². The Kier molecular flexibility index (Phi) is 3.77. The SMILES string of the molecule is Cc1nc(CNc2ncnc3ccc(S(C)(=O)=O)cc23)oc1C. The van der Waals surface area contributed by atoms with Crippen LogP contribution >= 0.6 is 0 Å². The predicted molar refractivity (Wildman–Crippen MR) is 86.0 cm³/mol. The molecule has 7 nitrogen and oxygen atoms in total. The normalized spacial score (nSPS) is 11.8. The van der Waals surface area contributed by atoms with Crippen molar-refractivity contribution in [2.75, 3.05) is 11.6 Å². The van der Waals surface area contributed by atoms with Gasteiger partial charge in [0.15, 0.2) is 9.84 Å². The van der Waals surface area contributed by atoms with E-state index < -0.39 is 9.84 Å². The van der Waals surface area contributed by atoms with E-state index in [1.165, 1.54) is 18.6 Å². The fourth-order valence-electron chi connectivity index (χ4n) is 2.18. The summed E-state index contributed by atoms with van der Waals surface area (Å²) in [7, 11) is -3.29. The molecule has 0 aliphatic rings. The first-order valence-electron chi connectivity index (χ1n) is 6.96. The van der Waals surface area contributed by atoms with Gasteiger partial charge >= 0.3 is 0 Å². The van der Waals surface area contributed by atoms with Crippen molar-refractivity contribution in [3.05, 3.63) is 41.9 Å². The van der Waals surface area contributed by atoms with Gasteiger partial charge in [-0.1, -0.05) is 0 Å². The number of aryl methyl sites for hydroxylation is 2. The Balaban J connectivity index is 1.96. The maximum Gasteiger partial charge on any atom is 0.213 e. The number of benzene rings is 1. The lowest BCUT2D eigenvalue weighted by atomic mass is 10.2. The molecule has 1 aromatic carbocycles. The van der Waals surface area contributed by atoms with Crippen molar-refractivity contribution in [2.45, 2.75) is 25.3 Å². The summed E-state index contributed by atoms with van der Waals surface area (Å²) in [6.45, 7) is 4.08. The summed E-state index contributed by atoms with van der Waals surface area (Å²) >= 11 is 0. The minimum absolute atomic E-state index is 0.227. The Bertz CT molecular complexity index is 960. The number of nitrogens with zero attached hydrogens (tertiary/aromatic N) is 3. The Morgan fingerprint density at radius 1 is 1.22 bits per heavy atom. The van der Waals surface area contributed by atoms with Crippen molar-refractivity contribution in [1.29, 1.82) is 0 Å². The lowest BCUT2D eigenvalue weighted by Crippen LogP contribution is -2.04. The number of oxazole rings is 1. The van der Waals surface area contributed by atoms with Gasteiger partial charge in [0.2, 0.25) is 5.89 Å². The molecule has 0 unspecified atom stereocenters. The van der Waals surface area contributed by atoms with Crippen LogP contribution in [0, 0.1) is 13.8 Å². The smallest absolute Gasteiger partial charge is 0.213 e. The molecular weight excluding hydrogens is 316 g/mol. The first-order valence-corrected chi connectivity index (χ1v) is 8.85. The highest BCUT2D eigenvalue weighted by atomic mass is 32.2. The van der Waals surface area contributed by atoms with Crippen molar-refractivity contribution >= 4 is 26.6 Å². The van der Waals surface area contributed by atoms with E-state index in [0.29, 0.717) is 29.2 Å². The average Bonchev–Trinajstić information content (AvgIpc) is 2.82. The second-order valence-corrected chi connectivity index (χ2v) is 7.29. The number of sulfone groups is 1. The standard InChI is InChI=1S/C15H16N4O3S/c1-9-10(2)22-14(19-9)7-16-15-12-6-11(23(3,20)21)4-5-13(12)17-8-18-15/h4-6,8H,7H2,1-3H3,(H,16,17,18). The number of nitrogens with one attached hydrogen (secondary N) is 1. The van der Waals surface area contributed by atoms with E-state index in [4.69, 9.17) is 4.42 Å². The second kappa shape index (κ2) is 5.62. The first kappa shape index (κ1) is 15.4. The van der Waals surface area contributed by atoms with E-state index in [1.54, 1.807) is 12.1 Å². The van der Waals surface area contributed by atoms with Gasteiger partial charge in [-0.15, -0.1) is 0 Å². The van der Waals surface area contributed by atoms with Crippen LogP contribution in [0.1, 0.15) is 17.3 Å². The summed E-state index contributed by atoms with van der Waals surface area (Å²) in [5, 5.41) is 3.76. The Morgan fingerprint density at radius 2 is 2.00 bits per heavy atom. The molecule has 0 bridgehead atoms. The lowest BCUT2D eigenvalue weighted by molar-refractivity contribution is 0.478. The molecule has 0 saturated carbocycles. The summed E-state index contributed by atoms with van der Waals surface area (Å²) in [6.07, 6.45) is 2.60. The van der Waals surface area contributed by atoms with E-state index in [1.807, 2.05) is 13.8 Å². The second-order valence-electron chi connectivity index (χ2n) is 5.28. The third kappa shape index (κ3) is 3.16. The predicted octanol–water partition coefficient (Wildman–Crippen LogP) is 2.25. The molecule has 0 fully saturated rings. The van der Waals surface area contributed by atoms with Crippen LogP contribution in [0.4, 0.5) is 5.82 Å². The average molecular weight is 332 g/mol. The molecule has 120 valence electrons. The van der Waals surface area contributed by atoms with Crippen LogP contribution in [0.5, 0.6) is 0 Å². The molecule has 3 rings (SSSR count). The maximum atomic E-state index is 11.7. The highest BCUT2D eigenvalue weighted by Gasteiger charge is 2.12. The molecule has 0 aliphatic heterocycles. The highest BCUT2D eigenvalue weighted by molar-refractivity contribution is 7.90. The molecule has 23 heavy (non-hydrogen) atoms. The van der Waals surface area contributed by atoms with Gasteiger partial charge in [0, 0.05) is 11.6 Å². The van der Waals surface area contributed by atoms with Crippen LogP contribution in [0.25, 0.3) is 10.9 Å². The van der Waals surface area contributed by atoms with Gasteiger partial charge in [-0.3, -0.25) is 0 Å². The number of hydrogen-bond acceptors (Lipinski definition) is 7. The molecule has 2 aromatic heterocycles. The van der Waals surface area contributed by atoms with E-state index >= 15 is 0 Å². The quantitative estimate of drug-likeness (QED) is 0.782. The van der Waals surface area contributed by atoms with Crippen molar-refractivity contribution in [3.63, 3.8) is 0 Å². The van der Waals surface area contributed by atoms with Crippen molar-refractivity contribution in [2.24, 2.45) is 0 Å². The minimum atomic E-state index is -3.29. The number of hydrogen-bond donors (Lipinski definition) is 1. The van der Waals surface area contributed by atoms with Crippen LogP contribution in [-0.2, 0) is 16.4 Å². The van der Waals surface area contributed by atoms with Crippen LogP contribution in [-0.4, -0.2) is 29.6 Å². The van der Waals surface area contributed by atoms with Gasteiger partial charge in [-0.05, 0) is 32.0 Å². The number of aromatic nitrogens is 3. The molecular formula is C15H16N4O3S. The molecule has 3 aromatic rings. The molecule has 2 heterocycles. The summed E-state index contributed by atoms with van der Waals surface area (Å²) in [5.74, 6) is 1.86. The topological polar surface area (TPSA) is 98.0 Å². The van der Waals surface area contributed by atoms with Gasteiger partial charge in [-0.2, -0.15) is 0 Å². The van der Waals surface area contributed by atoms with Gasteiger partial charge in [-0.25, -0.2) is 23.4 Å². The van der Waals surface area contributed by atoms with Crippen LogP contribution in [0.15, 0.2) is 33.8 Å². The van der Waals surface area contributed by atoms with E-state index in [2.05, 4.69) is 20.3 Å². The van der Waals surface area contributed by atoms with Gasteiger partial charge in [0.25, 0.3) is 0 Å². The van der Waals surface area contributed by atoms with Crippen molar-refractivity contribution in [3.8, 4) is 0 Å². The summed E-state index contributed by atoms with van der Waals surface area (Å²) in [4.78, 5) is 12.9. The van der Waals surface area contributed by atoms with Gasteiger partial charge < -0.3 is 9.73 Å². The Hall–Kier alpha value is -2.48. The number of fused-ring (bicyclic) bond motifs is 1. The molecule has 0 saturated heterocycles. The molecule has 8 heteroatoms. The third-order valence-corrected chi connectivity index (χ3v) is 4.63. The molecule has 0 aliphatic carbocycles. The fourth-order valence-corrected chi connectivity index (χ4v) is 2.83. The monoisotopic (exact) mass is 332 g/mol. The van der Waals surface area contributed by atoms with Crippen LogP contribution in [0.3, 0.4) is 0 Å². The zero-order chi connectivity index (χ0) is 16.6. The molecule has 0 spiro atoms. The van der Waals surface area contributed by atoms with E-state index in [-0.39, 0.29) is 4.90 Å². The Labute approximate surface area is 133 Å². The number of rotatable bonds is 4. The molecule has 0 amide bonds. The van der Waals surface area contributed by atoms with Gasteiger partial charge in [0.05, 0.1) is 22.7 Å². The molecule has 0 atom stereocenters. The zero-order valence-corrected chi connectivity index (χ0v) is 13.8. The zero-order valence-electron chi connectivity index (χ0n) is 13.0. The third-order valence-electron chi connectivity index (χ3n) is 3.51.